The smallest absolute Gasteiger partial charge is 0.303 e. The quantitative estimate of drug-likeness (QED) is 0.735. The highest BCUT2D eigenvalue weighted by molar-refractivity contribution is 5.79. The fourth-order valence-corrected chi connectivity index (χ4v) is 2.67. The normalized spacial score (nSPS) is 11.6. The van der Waals surface area contributed by atoms with Gasteiger partial charge in [-0.05, 0) is 36.1 Å². The van der Waals surface area contributed by atoms with Gasteiger partial charge in [0.15, 0.2) is 0 Å². The lowest BCUT2D eigenvalue weighted by Gasteiger charge is -2.18. The summed E-state index contributed by atoms with van der Waals surface area (Å²) in [4.78, 5) is 23.2. The molecule has 2 N–H and O–H groups in total. The van der Waals surface area contributed by atoms with Crippen LogP contribution in [-0.4, -0.2) is 30.1 Å². The fourth-order valence-electron chi connectivity index (χ4n) is 2.67. The average Bonchev–Trinajstić information content (AvgIpc) is 2.60. The lowest BCUT2D eigenvalue weighted by atomic mass is 10.0. The van der Waals surface area contributed by atoms with Crippen LogP contribution >= 0.6 is 0 Å². The average molecular weight is 341 g/mol. The van der Waals surface area contributed by atoms with Crippen LogP contribution in [0.3, 0.4) is 0 Å². The lowest BCUT2D eigenvalue weighted by Crippen LogP contribution is -2.37. The number of benzene rings is 2. The number of amides is 1. The van der Waals surface area contributed by atoms with Crippen molar-refractivity contribution in [2.24, 2.45) is 0 Å². The third-order valence-electron chi connectivity index (χ3n) is 3.90. The van der Waals surface area contributed by atoms with Gasteiger partial charge in [0.05, 0.1) is 13.5 Å². The maximum Gasteiger partial charge on any atom is 0.303 e. The highest BCUT2D eigenvalue weighted by Gasteiger charge is 2.15. The molecule has 25 heavy (non-hydrogen) atoms. The van der Waals surface area contributed by atoms with Crippen molar-refractivity contribution in [2.75, 3.05) is 7.11 Å². The number of hydrogen-bond acceptors (Lipinski definition) is 3. The van der Waals surface area contributed by atoms with E-state index in [1.54, 1.807) is 7.11 Å². The molecule has 0 bridgehead atoms. The summed E-state index contributed by atoms with van der Waals surface area (Å²) in [5, 5.41) is 11.9. The predicted octanol–water partition coefficient (Wildman–Crippen LogP) is 2.83. The summed E-state index contributed by atoms with van der Waals surface area (Å²) in [6, 6.07) is 16.9. The first kappa shape index (κ1) is 18.5. The van der Waals surface area contributed by atoms with Crippen LogP contribution in [-0.2, 0) is 22.4 Å². The van der Waals surface area contributed by atoms with Crippen LogP contribution in [0.2, 0.25) is 0 Å². The zero-order chi connectivity index (χ0) is 18.1. The summed E-state index contributed by atoms with van der Waals surface area (Å²) in [6.45, 7) is 0. The van der Waals surface area contributed by atoms with Crippen molar-refractivity contribution in [1.82, 2.24) is 5.32 Å². The summed E-state index contributed by atoms with van der Waals surface area (Å²) >= 11 is 0. The molecule has 0 aliphatic rings. The zero-order valence-corrected chi connectivity index (χ0v) is 14.3. The number of methoxy groups -OCH3 is 1. The molecule has 2 rings (SSSR count). The molecular formula is C20H23NO4. The third kappa shape index (κ3) is 6.67. The van der Waals surface area contributed by atoms with E-state index >= 15 is 0 Å². The van der Waals surface area contributed by atoms with Gasteiger partial charge in [-0.2, -0.15) is 0 Å². The number of aliphatic carboxylic acids is 1. The molecule has 1 unspecified atom stereocenters. The Hall–Kier alpha value is -2.82. The highest BCUT2D eigenvalue weighted by Crippen LogP contribution is 2.13. The van der Waals surface area contributed by atoms with Gasteiger partial charge in [0.2, 0.25) is 5.91 Å². The van der Waals surface area contributed by atoms with Gasteiger partial charge < -0.3 is 15.2 Å². The lowest BCUT2D eigenvalue weighted by molar-refractivity contribution is -0.137. The predicted molar refractivity (Wildman–Crippen MR) is 95.6 cm³/mol. The molecule has 1 atom stereocenters. The molecule has 0 saturated carbocycles. The van der Waals surface area contributed by atoms with Crippen LogP contribution in [0.15, 0.2) is 54.6 Å². The Morgan fingerprint density at radius 1 is 1.08 bits per heavy atom. The van der Waals surface area contributed by atoms with Crippen molar-refractivity contribution in [3.8, 4) is 5.75 Å². The summed E-state index contributed by atoms with van der Waals surface area (Å²) in [5.41, 5.74) is 1.92. The van der Waals surface area contributed by atoms with E-state index in [0.29, 0.717) is 18.6 Å². The zero-order valence-electron chi connectivity index (χ0n) is 14.3. The molecule has 132 valence electrons. The van der Waals surface area contributed by atoms with E-state index in [9.17, 15) is 9.59 Å². The molecule has 2 aromatic rings. The SMILES string of the molecule is COc1cccc(CC(=O)NC(CCC(=O)O)Cc2ccccc2)c1. The topological polar surface area (TPSA) is 75.6 Å². The van der Waals surface area contributed by atoms with E-state index in [4.69, 9.17) is 9.84 Å². The summed E-state index contributed by atoms with van der Waals surface area (Å²) < 4.78 is 5.16. The van der Waals surface area contributed by atoms with Crippen molar-refractivity contribution in [3.05, 3.63) is 65.7 Å². The molecule has 1 amide bonds. The van der Waals surface area contributed by atoms with Crippen LogP contribution in [0.25, 0.3) is 0 Å². The number of rotatable bonds is 9. The van der Waals surface area contributed by atoms with Crippen molar-refractivity contribution < 1.29 is 19.4 Å². The molecular weight excluding hydrogens is 318 g/mol. The second-order valence-electron chi connectivity index (χ2n) is 5.91. The van der Waals surface area contributed by atoms with Gasteiger partial charge in [0.1, 0.15) is 5.75 Å². The van der Waals surface area contributed by atoms with Crippen molar-refractivity contribution >= 4 is 11.9 Å². The van der Waals surface area contributed by atoms with Crippen molar-refractivity contribution in [3.63, 3.8) is 0 Å². The molecule has 0 spiro atoms. The minimum absolute atomic E-state index is 0.0247. The van der Waals surface area contributed by atoms with Crippen LogP contribution in [0.1, 0.15) is 24.0 Å². The van der Waals surface area contributed by atoms with E-state index < -0.39 is 5.97 Å². The maximum absolute atomic E-state index is 12.4. The number of carbonyl (C=O) groups is 2. The molecule has 0 aliphatic carbocycles. The molecule has 5 heteroatoms. The first-order chi connectivity index (χ1) is 12.1. The van der Waals surface area contributed by atoms with Gasteiger partial charge in [0, 0.05) is 12.5 Å². The molecule has 5 nitrogen and oxygen atoms in total. The molecule has 0 aromatic heterocycles. The van der Waals surface area contributed by atoms with Crippen LogP contribution in [0, 0.1) is 0 Å². The van der Waals surface area contributed by atoms with Crippen molar-refractivity contribution in [1.29, 1.82) is 0 Å². The monoisotopic (exact) mass is 341 g/mol. The summed E-state index contributed by atoms with van der Waals surface area (Å²) in [5.74, 6) is -0.281. The second-order valence-corrected chi connectivity index (χ2v) is 5.91. The number of carboxylic acid groups (broad SMARTS) is 1. The minimum atomic E-state index is -0.861. The van der Waals surface area contributed by atoms with Crippen LogP contribution in [0.5, 0.6) is 5.75 Å². The standard InChI is InChI=1S/C20H23NO4/c1-25-18-9-5-8-16(13-18)14-19(22)21-17(10-11-20(23)24)12-15-6-3-2-4-7-15/h2-9,13,17H,10-12,14H2,1H3,(H,21,22)(H,23,24). The van der Waals surface area contributed by atoms with Gasteiger partial charge in [0.25, 0.3) is 0 Å². The number of hydrogen-bond donors (Lipinski definition) is 2. The van der Waals surface area contributed by atoms with Crippen molar-refractivity contribution in [2.45, 2.75) is 31.7 Å². The van der Waals surface area contributed by atoms with E-state index in [-0.39, 0.29) is 24.8 Å². The second kappa shape index (κ2) is 9.47. The minimum Gasteiger partial charge on any atom is -0.497 e. The Morgan fingerprint density at radius 2 is 1.80 bits per heavy atom. The molecule has 0 saturated heterocycles. The Bertz CT molecular complexity index is 700. The van der Waals surface area contributed by atoms with Gasteiger partial charge in [-0.25, -0.2) is 0 Å². The largest absolute Gasteiger partial charge is 0.497 e. The van der Waals surface area contributed by atoms with E-state index in [1.165, 1.54) is 0 Å². The molecule has 0 aliphatic heterocycles. The number of ether oxygens (including phenoxy) is 1. The van der Waals surface area contributed by atoms with E-state index in [1.807, 2.05) is 54.6 Å². The van der Waals surface area contributed by atoms with Gasteiger partial charge in [-0.1, -0.05) is 42.5 Å². The van der Waals surface area contributed by atoms with Gasteiger partial charge >= 0.3 is 5.97 Å². The van der Waals surface area contributed by atoms with Gasteiger partial charge in [-0.3, -0.25) is 9.59 Å². The first-order valence-electron chi connectivity index (χ1n) is 8.25. The summed E-state index contributed by atoms with van der Waals surface area (Å²) in [7, 11) is 1.58. The maximum atomic E-state index is 12.4. The first-order valence-corrected chi connectivity index (χ1v) is 8.25. The fraction of sp³-hybridized carbons (Fsp3) is 0.300. The molecule has 0 heterocycles. The van der Waals surface area contributed by atoms with Crippen LogP contribution in [0.4, 0.5) is 0 Å². The van der Waals surface area contributed by atoms with E-state index in [0.717, 1.165) is 11.1 Å². The molecule has 0 fully saturated rings. The van der Waals surface area contributed by atoms with Crippen LogP contribution < -0.4 is 10.1 Å². The molecule has 2 aromatic carbocycles. The third-order valence-corrected chi connectivity index (χ3v) is 3.90. The number of carboxylic acids is 1. The number of nitrogens with one attached hydrogen (secondary N) is 1. The Morgan fingerprint density at radius 3 is 2.48 bits per heavy atom. The highest BCUT2D eigenvalue weighted by atomic mass is 16.5. The summed E-state index contributed by atoms with van der Waals surface area (Å²) in [6.07, 6.45) is 1.26. The molecule has 0 radical (unpaired) electrons. The van der Waals surface area contributed by atoms with Gasteiger partial charge in [-0.15, -0.1) is 0 Å². The Kier molecular flexibility index (Phi) is 7.01. The Labute approximate surface area is 147 Å². The number of carbonyl (C=O) groups excluding carboxylic acids is 1. The Balaban J connectivity index is 1.98. The van der Waals surface area contributed by atoms with E-state index in [2.05, 4.69) is 5.32 Å².